The number of tetrazole rings is 1. The standard InChI is InChI=1S/C22H23N7/c1-2-6-18(7-3-1)29-21(23-15-24-29)14-16-10-12-17(13-11-16)19-8-4-5-9-20(19)22-25-27-28-26-22/h4-5,8-13,15,18H,1-3,6-7,14H2,(H,25,26,27,28). The van der Waals surface area contributed by atoms with Gasteiger partial charge in [-0.25, -0.2) is 14.8 Å². The van der Waals surface area contributed by atoms with E-state index >= 15 is 0 Å². The second kappa shape index (κ2) is 7.95. The Balaban J connectivity index is 1.38. The summed E-state index contributed by atoms with van der Waals surface area (Å²) in [7, 11) is 0. The smallest absolute Gasteiger partial charge is 0.180 e. The maximum absolute atomic E-state index is 4.54. The number of aromatic amines is 1. The average molecular weight is 385 g/mol. The lowest BCUT2D eigenvalue weighted by molar-refractivity contribution is 0.322. The van der Waals surface area contributed by atoms with Crippen molar-refractivity contribution in [3.05, 3.63) is 66.2 Å². The quantitative estimate of drug-likeness (QED) is 0.556. The van der Waals surface area contributed by atoms with E-state index < -0.39 is 0 Å². The Morgan fingerprint density at radius 1 is 0.931 bits per heavy atom. The molecule has 1 aliphatic carbocycles. The van der Waals surface area contributed by atoms with Crippen LogP contribution in [0.25, 0.3) is 22.5 Å². The summed E-state index contributed by atoms with van der Waals surface area (Å²) < 4.78 is 2.15. The van der Waals surface area contributed by atoms with E-state index in [2.05, 4.69) is 65.7 Å². The number of rotatable bonds is 5. The Labute approximate surface area is 169 Å². The number of H-pyrrole nitrogens is 1. The molecule has 0 radical (unpaired) electrons. The molecule has 7 nitrogen and oxygen atoms in total. The van der Waals surface area contributed by atoms with Gasteiger partial charge in [0.2, 0.25) is 0 Å². The van der Waals surface area contributed by atoms with Crippen LogP contribution in [-0.4, -0.2) is 35.4 Å². The van der Waals surface area contributed by atoms with Crippen molar-refractivity contribution >= 4 is 0 Å². The first-order valence-corrected chi connectivity index (χ1v) is 10.2. The first kappa shape index (κ1) is 17.7. The highest BCUT2D eigenvalue weighted by Gasteiger charge is 2.19. The van der Waals surface area contributed by atoms with Gasteiger partial charge >= 0.3 is 0 Å². The molecular formula is C22H23N7. The molecule has 1 N–H and O–H groups in total. The molecule has 0 bridgehead atoms. The van der Waals surface area contributed by atoms with Crippen molar-refractivity contribution in [1.29, 1.82) is 0 Å². The van der Waals surface area contributed by atoms with Crippen molar-refractivity contribution in [2.75, 3.05) is 0 Å². The van der Waals surface area contributed by atoms with E-state index in [1.165, 1.54) is 37.7 Å². The number of benzene rings is 2. The van der Waals surface area contributed by atoms with Crippen LogP contribution in [0.15, 0.2) is 54.9 Å². The summed E-state index contributed by atoms with van der Waals surface area (Å²) in [6, 6.07) is 17.3. The number of nitrogens with one attached hydrogen (secondary N) is 1. The SMILES string of the molecule is c1ccc(-c2nnn[nH]2)c(-c2ccc(Cc3ncnn3C3CCCCC3)cc2)c1. The summed E-state index contributed by atoms with van der Waals surface area (Å²) >= 11 is 0. The van der Waals surface area contributed by atoms with Crippen molar-refractivity contribution in [3.63, 3.8) is 0 Å². The molecule has 2 aromatic heterocycles. The Bertz CT molecular complexity index is 1060. The molecule has 0 saturated heterocycles. The highest BCUT2D eigenvalue weighted by molar-refractivity contribution is 5.80. The predicted molar refractivity (Wildman–Crippen MR) is 110 cm³/mol. The lowest BCUT2D eigenvalue weighted by Gasteiger charge is -2.23. The van der Waals surface area contributed by atoms with E-state index in [0.29, 0.717) is 11.9 Å². The first-order valence-electron chi connectivity index (χ1n) is 10.2. The third-order valence-electron chi connectivity index (χ3n) is 5.72. The Morgan fingerprint density at radius 3 is 2.48 bits per heavy atom. The van der Waals surface area contributed by atoms with Crippen molar-refractivity contribution in [2.45, 2.75) is 44.6 Å². The molecule has 0 aliphatic heterocycles. The third-order valence-corrected chi connectivity index (χ3v) is 5.72. The molecule has 7 heteroatoms. The van der Waals surface area contributed by atoms with Gasteiger partial charge in [-0.15, -0.1) is 5.10 Å². The summed E-state index contributed by atoms with van der Waals surface area (Å²) in [4.78, 5) is 4.54. The van der Waals surface area contributed by atoms with Gasteiger partial charge in [0.1, 0.15) is 12.2 Å². The average Bonchev–Trinajstić information content (AvgIpc) is 3.47. The molecule has 1 fully saturated rings. The molecule has 2 heterocycles. The topological polar surface area (TPSA) is 85.2 Å². The summed E-state index contributed by atoms with van der Waals surface area (Å²) in [6.07, 6.45) is 8.83. The van der Waals surface area contributed by atoms with Crippen LogP contribution >= 0.6 is 0 Å². The van der Waals surface area contributed by atoms with Gasteiger partial charge in [0.25, 0.3) is 0 Å². The van der Waals surface area contributed by atoms with Gasteiger partial charge in [-0.05, 0) is 40.0 Å². The molecule has 1 aliphatic rings. The van der Waals surface area contributed by atoms with Gasteiger partial charge in [-0.3, -0.25) is 0 Å². The maximum atomic E-state index is 4.54. The summed E-state index contributed by atoms with van der Waals surface area (Å²) in [5.41, 5.74) is 4.46. The molecule has 5 rings (SSSR count). The van der Waals surface area contributed by atoms with Crippen LogP contribution < -0.4 is 0 Å². The molecule has 146 valence electrons. The molecule has 0 atom stereocenters. The van der Waals surface area contributed by atoms with Crippen LogP contribution in [0.2, 0.25) is 0 Å². The molecule has 0 spiro atoms. The lowest BCUT2D eigenvalue weighted by Crippen LogP contribution is -2.17. The van der Waals surface area contributed by atoms with E-state index in [9.17, 15) is 0 Å². The molecule has 29 heavy (non-hydrogen) atoms. The zero-order chi connectivity index (χ0) is 19.5. The molecule has 0 amide bonds. The van der Waals surface area contributed by atoms with Crippen molar-refractivity contribution in [3.8, 4) is 22.5 Å². The largest absolute Gasteiger partial charge is 0.247 e. The summed E-state index contributed by atoms with van der Waals surface area (Å²) in [5, 5.41) is 18.8. The van der Waals surface area contributed by atoms with Crippen LogP contribution in [-0.2, 0) is 6.42 Å². The molecule has 2 aromatic carbocycles. The summed E-state index contributed by atoms with van der Waals surface area (Å²) in [5.74, 6) is 1.73. The van der Waals surface area contributed by atoms with Gasteiger partial charge in [0.15, 0.2) is 5.82 Å². The van der Waals surface area contributed by atoms with Crippen LogP contribution in [0.4, 0.5) is 0 Å². The van der Waals surface area contributed by atoms with Crippen molar-refractivity contribution in [2.24, 2.45) is 0 Å². The Kier molecular flexibility index (Phi) is 4.86. The zero-order valence-corrected chi connectivity index (χ0v) is 16.2. The molecule has 4 aromatic rings. The molecule has 0 unspecified atom stereocenters. The highest BCUT2D eigenvalue weighted by atomic mass is 15.5. The van der Waals surface area contributed by atoms with Gasteiger partial charge in [-0.2, -0.15) is 5.10 Å². The second-order valence-corrected chi connectivity index (χ2v) is 7.58. The monoisotopic (exact) mass is 385 g/mol. The Hall–Kier alpha value is -3.35. The van der Waals surface area contributed by atoms with E-state index in [-0.39, 0.29) is 0 Å². The predicted octanol–water partition coefficient (Wildman–Crippen LogP) is 4.22. The molecular weight excluding hydrogens is 362 g/mol. The van der Waals surface area contributed by atoms with Gasteiger partial charge in [0.05, 0.1) is 6.04 Å². The fourth-order valence-electron chi connectivity index (χ4n) is 4.23. The minimum atomic E-state index is 0.503. The third kappa shape index (κ3) is 3.68. The van der Waals surface area contributed by atoms with Gasteiger partial charge < -0.3 is 0 Å². The second-order valence-electron chi connectivity index (χ2n) is 7.58. The van der Waals surface area contributed by atoms with Crippen molar-refractivity contribution < 1.29 is 0 Å². The fraction of sp³-hybridized carbons (Fsp3) is 0.318. The van der Waals surface area contributed by atoms with Crippen LogP contribution in [0.3, 0.4) is 0 Å². The number of aromatic nitrogens is 7. The Morgan fingerprint density at radius 2 is 1.72 bits per heavy atom. The van der Waals surface area contributed by atoms with Crippen LogP contribution in [0, 0.1) is 0 Å². The van der Waals surface area contributed by atoms with Crippen molar-refractivity contribution in [1.82, 2.24) is 35.4 Å². The maximum Gasteiger partial charge on any atom is 0.180 e. The normalized spacial score (nSPS) is 14.9. The lowest BCUT2D eigenvalue weighted by atomic mass is 9.95. The summed E-state index contributed by atoms with van der Waals surface area (Å²) in [6.45, 7) is 0. The van der Waals surface area contributed by atoms with Gasteiger partial charge in [-0.1, -0.05) is 67.8 Å². The molecule has 1 saturated carbocycles. The zero-order valence-electron chi connectivity index (χ0n) is 16.2. The number of hydrogen-bond donors (Lipinski definition) is 1. The van der Waals surface area contributed by atoms with Crippen LogP contribution in [0.5, 0.6) is 0 Å². The van der Waals surface area contributed by atoms with E-state index in [4.69, 9.17) is 0 Å². The number of nitrogens with zero attached hydrogens (tertiary/aromatic N) is 6. The minimum absolute atomic E-state index is 0.503. The van der Waals surface area contributed by atoms with E-state index in [1.807, 2.05) is 18.2 Å². The minimum Gasteiger partial charge on any atom is -0.247 e. The number of hydrogen-bond acceptors (Lipinski definition) is 5. The van der Waals surface area contributed by atoms with Crippen LogP contribution in [0.1, 0.15) is 49.5 Å². The highest BCUT2D eigenvalue weighted by Crippen LogP contribution is 2.31. The van der Waals surface area contributed by atoms with E-state index in [1.54, 1.807) is 6.33 Å². The van der Waals surface area contributed by atoms with Gasteiger partial charge in [0, 0.05) is 12.0 Å². The first-order chi connectivity index (χ1) is 14.4. The fourth-order valence-corrected chi connectivity index (χ4v) is 4.23. The van der Waals surface area contributed by atoms with E-state index in [0.717, 1.165) is 28.9 Å².